The number of aromatic nitrogens is 4. The molecule has 1 aliphatic heterocycles. The van der Waals surface area contributed by atoms with Gasteiger partial charge in [0.05, 0.1) is 0 Å². The Labute approximate surface area is 158 Å². The number of Topliss-reactive ketones (excluding diaryl/α,β-unsaturated/α-hetero) is 1. The van der Waals surface area contributed by atoms with Gasteiger partial charge in [0.25, 0.3) is 0 Å². The molecule has 0 unspecified atom stereocenters. The zero-order valence-corrected chi connectivity index (χ0v) is 15.5. The molecule has 4 rings (SSSR count). The second kappa shape index (κ2) is 7.46. The minimum atomic E-state index is 0.0170. The molecule has 0 radical (unpaired) electrons. The molecular weight excluding hydrogens is 344 g/mol. The third kappa shape index (κ3) is 3.84. The summed E-state index contributed by atoms with van der Waals surface area (Å²) in [6.45, 7) is 4.75. The zero-order valence-electron chi connectivity index (χ0n) is 15.5. The Morgan fingerprint density at radius 1 is 1.07 bits per heavy atom. The Bertz CT molecular complexity index is 817. The van der Waals surface area contributed by atoms with Crippen molar-refractivity contribution in [1.82, 2.24) is 24.4 Å². The van der Waals surface area contributed by atoms with Gasteiger partial charge in [0.2, 0.25) is 5.91 Å². The quantitative estimate of drug-likeness (QED) is 0.814. The van der Waals surface area contributed by atoms with E-state index >= 15 is 0 Å². The van der Waals surface area contributed by atoms with Crippen LogP contribution >= 0.6 is 0 Å². The molecule has 2 aliphatic rings. The van der Waals surface area contributed by atoms with Crippen molar-refractivity contribution in [1.29, 1.82) is 0 Å². The summed E-state index contributed by atoms with van der Waals surface area (Å²) in [5, 5.41) is 0. The van der Waals surface area contributed by atoms with Crippen LogP contribution in [0.4, 0.5) is 5.82 Å². The average molecular weight is 368 g/mol. The van der Waals surface area contributed by atoms with Crippen LogP contribution in [0.5, 0.6) is 0 Å². The molecule has 0 N–H and O–H groups in total. The Kier molecular flexibility index (Phi) is 4.87. The summed E-state index contributed by atoms with van der Waals surface area (Å²) in [5.74, 6) is 2.89. The number of hydrogen-bond acceptors (Lipinski definition) is 6. The molecule has 1 aliphatic carbocycles. The van der Waals surface area contributed by atoms with Crippen molar-refractivity contribution < 1.29 is 9.59 Å². The van der Waals surface area contributed by atoms with E-state index in [-0.39, 0.29) is 17.6 Å². The lowest BCUT2D eigenvalue weighted by atomic mass is 9.87. The van der Waals surface area contributed by atoms with Crippen molar-refractivity contribution in [3.8, 4) is 5.82 Å². The molecule has 0 bridgehead atoms. The van der Waals surface area contributed by atoms with E-state index in [0.29, 0.717) is 44.6 Å². The molecule has 0 spiro atoms. The lowest BCUT2D eigenvalue weighted by molar-refractivity contribution is -0.137. The van der Waals surface area contributed by atoms with Crippen LogP contribution in [-0.4, -0.2) is 62.3 Å². The summed E-state index contributed by atoms with van der Waals surface area (Å²) in [6, 6.07) is 1.96. The number of anilines is 1. The summed E-state index contributed by atoms with van der Waals surface area (Å²) >= 11 is 0. The molecule has 1 amide bonds. The third-order valence-electron chi connectivity index (χ3n) is 5.39. The molecule has 0 atom stereocenters. The van der Waals surface area contributed by atoms with Crippen molar-refractivity contribution in [3.63, 3.8) is 0 Å². The Morgan fingerprint density at radius 3 is 2.44 bits per heavy atom. The number of ketones is 1. The van der Waals surface area contributed by atoms with Gasteiger partial charge in [0.15, 0.2) is 0 Å². The summed E-state index contributed by atoms with van der Waals surface area (Å²) in [7, 11) is 0. The third-order valence-corrected chi connectivity index (χ3v) is 5.39. The van der Waals surface area contributed by atoms with Gasteiger partial charge in [0.1, 0.15) is 29.6 Å². The van der Waals surface area contributed by atoms with Crippen molar-refractivity contribution in [3.05, 3.63) is 30.6 Å². The number of hydrogen-bond donors (Lipinski definition) is 0. The highest BCUT2D eigenvalue weighted by Crippen LogP contribution is 2.25. The number of rotatable bonds is 3. The number of imidazole rings is 1. The monoisotopic (exact) mass is 368 g/mol. The number of nitrogens with zero attached hydrogens (tertiary/aromatic N) is 6. The van der Waals surface area contributed by atoms with E-state index < -0.39 is 0 Å². The Morgan fingerprint density at radius 2 is 1.78 bits per heavy atom. The van der Waals surface area contributed by atoms with Gasteiger partial charge in [-0.05, 0) is 19.8 Å². The zero-order chi connectivity index (χ0) is 18.8. The van der Waals surface area contributed by atoms with E-state index in [4.69, 9.17) is 0 Å². The van der Waals surface area contributed by atoms with Crippen LogP contribution in [0.2, 0.25) is 0 Å². The number of piperazine rings is 1. The van der Waals surface area contributed by atoms with Crippen LogP contribution in [0, 0.1) is 12.8 Å². The second-order valence-corrected chi connectivity index (χ2v) is 7.23. The Balaban J connectivity index is 1.41. The topological polar surface area (TPSA) is 84.2 Å². The largest absolute Gasteiger partial charge is 0.353 e. The summed E-state index contributed by atoms with van der Waals surface area (Å²) in [5.41, 5.74) is 0. The van der Waals surface area contributed by atoms with E-state index in [0.717, 1.165) is 24.7 Å². The molecule has 3 heterocycles. The first-order chi connectivity index (χ1) is 13.1. The van der Waals surface area contributed by atoms with E-state index in [9.17, 15) is 9.59 Å². The first kappa shape index (κ1) is 17.6. The van der Waals surface area contributed by atoms with E-state index in [1.165, 1.54) is 0 Å². The molecule has 2 aromatic heterocycles. The normalized spacial score (nSPS) is 18.8. The van der Waals surface area contributed by atoms with Gasteiger partial charge < -0.3 is 9.80 Å². The summed E-state index contributed by atoms with van der Waals surface area (Å²) in [6.07, 6.45) is 7.81. The molecule has 142 valence electrons. The van der Waals surface area contributed by atoms with Gasteiger partial charge in [-0.1, -0.05) is 0 Å². The fourth-order valence-electron chi connectivity index (χ4n) is 3.83. The first-order valence-corrected chi connectivity index (χ1v) is 9.49. The molecule has 1 saturated heterocycles. The first-order valence-electron chi connectivity index (χ1n) is 9.49. The van der Waals surface area contributed by atoms with Gasteiger partial charge >= 0.3 is 0 Å². The number of amides is 1. The predicted octanol–water partition coefficient (Wildman–Crippen LogP) is 1.38. The highest BCUT2D eigenvalue weighted by atomic mass is 16.2. The van der Waals surface area contributed by atoms with E-state index in [2.05, 4.69) is 19.9 Å². The molecular formula is C19H24N6O2. The number of aryl methyl sites for hydroxylation is 1. The smallest absolute Gasteiger partial charge is 0.225 e. The van der Waals surface area contributed by atoms with Gasteiger partial charge in [-0.25, -0.2) is 15.0 Å². The minimum absolute atomic E-state index is 0.0170. The average Bonchev–Trinajstić information content (AvgIpc) is 3.23. The summed E-state index contributed by atoms with van der Waals surface area (Å²) < 4.78 is 1.86. The number of carbonyl (C=O) groups excluding carboxylic acids is 2. The fraction of sp³-hybridized carbons (Fsp3) is 0.526. The summed E-state index contributed by atoms with van der Waals surface area (Å²) in [4.78, 5) is 41.4. The van der Waals surface area contributed by atoms with E-state index in [1.807, 2.05) is 28.7 Å². The fourth-order valence-corrected chi connectivity index (χ4v) is 3.83. The highest BCUT2D eigenvalue weighted by molar-refractivity contribution is 5.84. The van der Waals surface area contributed by atoms with Crippen molar-refractivity contribution in [2.45, 2.75) is 32.6 Å². The van der Waals surface area contributed by atoms with Crippen LogP contribution in [0.3, 0.4) is 0 Å². The maximum atomic E-state index is 12.7. The molecule has 2 fully saturated rings. The number of carbonyl (C=O) groups is 2. The highest BCUT2D eigenvalue weighted by Gasteiger charge is 2.30. The van der Waals surface area contributed by atoms with Crippen LogP contribution in [-0.2, 0) is 9.59 Å². The molecule has 8 heteroatoms. The van der Waals surface area contributed by atoms with Crippen LogP contribution in [0.15, 0.2) is 24.8 Å². The van der Waals surface area contributed by atoms with Gasteiger partial charge in [-0.3, -0.25) is 14.2 Å². The van der Waals surface area contributed by atoms with E-state index in [1.54, 1.807) is 12.5 Å². The minimum Gasteiger partial charge on any atom is -0.353 e. The van der Waals surface area contributed by atoms with Crippen molar-refractivity contribution in [2.24, 2.45) is 5.92 Å². The maximum Gasteiger partial charge on any atom is 0.225 e. The molecule has 8 nitrogen and oxygen atoms in total. The second-order valence-electron chi connectivity index (χ2n) is 7.23. The molecule has 2 aromatic rings. The van der Waals surface area contributed by atoms with Gasteiger partial charge in [-0.15, -0.1) is 0 Å². The Hall–Kier alpha value is -2.77. The molecule has 0 aromatic carbocycles. The van der Waals surface area contributed by atoms with Gasteiger partial charge in [-0.2, -0.15) is 0 Å². The van der Waals surface area contributed by atoms with Crippen LogP contribution < -0.4 is 4.90 Å². The van der Waals surface area contributed by atoms with Crippen molar-refractivity contribution >= 4 is 17.5 Å². The van der Waals surface area contributed by atoms with Gasteiger partial charge in [0, 0.05) is 63.4 Å². The van der Waals surface area contributed by atoms with Crippen molar-refractivity contribution in [2.75, 3.05) is 31.1 Å². The lowest BCUT2D eigenvalue weighted by Gasteiger charge is -2.37. The predicted molar refractivity (Wildman–Crippen MR) is 99.6 cm³/mol. The SMILES string of the molecule is Cc1nc(N2CCN(C(=O)C3CCC(=O)CC3)CC2)cc(-n2ccnc2)n1. The van der Waals surface area contributed by atoms with Crippen LogP contribution in [0.25, 0.3) is 5.82 Å². The lowest BCUT2D eigenvalue weighted by Crippen LogP contribution is -2.51. The maximum absolute atomic E-state index is 12.7. The van der Waals surface area contributed by atoms with Crippen LogP contribution in [0.1, 0.15) is 31.5 Å². The molecule has 27 heavy (non-hydrogen) atoms. The standard InChI is InChI=1S/C19H24N6O2/c1-14-21-17(12-18(22-14)25-7-6-20-13-25)23-8-10-24(11-9-23)19(27)15-2-4-16(26)5-3-15/h6-7,12-13,15H,2-5,8-11H2,1H3. The molecule has 1 saturated carbocycles.